The molecule has 0 atom stereocenters. The van der Waals surface area contributed by atoms with Crippen LogP contribution in [0.4, 0.5) is 21.9 Å². The molecule has 0 aliphatic rings. The number of nitrogens with one attached hydrogen (secondary N) is 2. The van der Waals surface area contributed by atoms with E-state index >= 15 is 0 Å². The average Bonchev–Trinajstić information content (AvgIpc) is 3.19. The molecule has 0 aliphatic heterocycles. The summed E-state index contributed by atoms with van der Waals surface area (Å²) in [7, 11) is 1.78. The van der Waals surface area contributed by atoms with Gasteiger partial charge in [-0.1, -0.05) is 130 Å². The van der Waals surface area contributed by atoms with E-state index in [1.54, 1.807) is 11.9 Å². The first kappa shape index (κ1) is 37.6. The third-order valence-electron chi connectivity index (χ3n) is 9.08. The van der Waals surface area contributed by atoms with E-state index in [0.717, 1.165) is 46.5 Å². The largest absolute Gasteiger partial charge is 0.465 e. The number of anilines is 3. The third kappa shape index (κ3) is 10.9. The Balaban J connectivity index is 1.36. The maximum absolute atomic E-state index is 13.6. The SMILES string of the molecule is CCCCCCCNC(=O)N(C)c1cccc(-c2ccc(CCC(=O)OCCc3ccccc3)cc2Nc2ccccc2C(=O)c2ccccc2)c1. The minimum absolute atomic E-state index is 0.0837. The molecule has 0 spiro atoms. The van der Waals surface area contributed by atoms with Gasteiger partial charge in [0.1, 0.15) is 0 Å². The second-order valence-electron chi connectivity index (χ2n) is 13.0. The minimum atomic E-state index is -0.247. The number of unbranched alkanes of at least 4 members (excludes halogenated alkanes) is 4. The van der Waals surface area contributed by atoms with Crippen LogP contribution >= 0.6 is 0 Å². The molecule has 0 aliphatic carbocycles. The summed E-state index contributed by atoms with van der Waals surface area (Å²) >= 11 is 0. The number of nitrogens with zero attached hydrogens (tertiary/aromatic N) is 1. The number of ketones is 1. The molecule has 0 fully saturated rings. The first-order valence-electron chi connectivity index (χ1n) is 18.3. The minimum Gasteiger partial charge on any atom is -0.465 e. The average molecular weight is 696 g/mol. The molecule has 5 aromatic carbocycles. The molecule has 0 heterocycles. The van der Waals surface area contributed by atoms with Crippen LogP contribution in [-0.2, 0) is 22.4 Å². The third-order valence-corrected chi connectivity index (χ3v) is 9.08. The lowest BCUT2D eigenvalue weighted by molar-refractivity contribution is -0.143. The molecule has 0 saturated heterocycles. The zero-order valence-electron chi connectivity index (χ0n) is 30.3. The zero-order valence-corrected chi connectivity index (χ0v) is 30.3. The fraction of sp³-hybridized carbons (Fsp3) is 0.267. The van der Waals surface area contributed by atoms with Gasteiger partial charge in [-0.05, 0) is 59.9 Å². The summed E-state index contributed by atoms with van der Waals surface area (Å²) in [4.78, 5) is 41.0. The van der Waals surface area contributed by atoms with E-state index in [4.69, 9.17) is 4.74 Å². The number of hydrogen-bond donors (Lipinski definition) is 2. The predicted molar refractivity (Wildman–Crippen MR) is 211 cm³/mol. The smallest absolute Gasteiger partial charge is 0.321 e. The Morgan fingerprint density at radius 3 is 2.19 bits per heavy atom. The molecular formula is C45H49N3O4. The lowest BCUT2D eigenvalue weighted by atomic mass is 9.97. The molecule has 5 rings (SSSR count). The molecule has 52 heavy (non-hydrogen) atoms. The quantitative estimate of drug-likeness (QED) is 0.0541. The maximum atomic E-state index is 13.6. The van der Waals surface area contributed by atoms with E-state index in [1.165, 1.54) is 19.3 Å². The molecule has 0 aromatic heterocycles. The van der Waals surface area contributed by atoms with E-state index in [9.17, 15) is 14.4 Å². The van der Waals surface area contributed by atoms with Crippen molar-refractivity contribution in [2.75, 3.05) is 30.4 Å². The number of benzene rings is 5. The van der Waals surface area contributed by atoms with Crippen molar-refractivity contribution in [2.45, 2.75) is 58.3 Å². The second kappa shape index (κ2) is 19.6. The van der Waals surface area contributed by atoms with Crippen LogP contribution in [0.25, 0.3) is 11.1 Å². The molecule has 0 saturated carbocycles. The summed E-state index contributed by atoms with van der Waals surface area (Å²) in [6.07, 6.45) is 7.06. The Kier molecular flexibility index (Phi) is 14.2. The van der Waals surface area contributed by atoms with Gasteiger partial charge in [-0.25, -0.2) is 4.79 Å². The topological polar surface area (TPSA) is 87.7 Å². The first-order valence-corrected chi connectivity index (χ1v) is 18.3. The van der Waals surface area contributed by atoms with Crippen molar-refractivity contribution in [2.24, 2.45) is 0 Å². The van der Waals surface area contributed by atoms with Gasteiger partial charge in [0.05, 0.1) is 6.61 Å². The van der Waals surface area contributed by atoms with Gasteiger partial charge in [0.25, 0.3) is 0 Å². The van der Waals surface area contributed by atoms with Crippen LogP contribution in [0.1, 0.15) is 72.5 Å². The van der Waals surface area contributed by atoms with E-state index < -0.39 is 0 Å². The van der Waals surface area contributed by atoms with Gasteiger partial charge in [0.2, 0.25) is 0 Å². The van der Waals surface area contributed by atoms with Crippen LogP contribution in [0.15, 0.2) is 127 Å². The maximum Gasteiger partial charge on any atom is 0.321 e. The Bertz CT molecular complexity index is 1910. The number of hydrogen-bond acceptors (Lipinski definition) is 5. The van der Waals surface area contributed by atoms with Gasteiger partial charge < -0.3 is 15.4 Å². The summed E-state index contributed by atoms with van der Waals surface area (Å²) in [5, 5.41) is 6.61. The highest BCUT2D eigenvalue weighted by Crippen LogP contribution is 2.35. The molecule has 0 bridgehead atoms. The number of para-hydroxylation sites is 1. The Morgan fingerprint density at radius 2 is 1.40 bits per heavy atom. The first-order chi connectivity index (χ1) is 25.4. The van der Waals surface area contributed by atoms with E-state index in [-0.39, 0.29) is 24.2 Å². The van der Waals surface area contributed by atoms with E-state index in [0.29, 0.717) is 42.8 Å². The lowest BCUT2D eigenvalue weighted by Crippen LogP contribution is -2.37. The summed E-state index contributed by atoms with van der Waals surface area (Å²) in [5.74, 6) is -0.331. The fourth-order valence-electron chi connectivity index (χ4n) is 6.07. The van der Waals surface area contributed by atoms with Crippen LogP contribution < -0.4 is 15.5 Å². The number of carbonyl (C=O) groups is 3. The predicted octanol–water partition coefficient (Wildman–Crippen LogP) is 10.2. The molecule has 2 amide bonds. The Hall–Kier alpha value is -5.69. The van der Waals surface area contributed by atoms with Crippen molar-refractivity contribution in [1.82, 2.24) is 5.32 Å². The number of aryl methyl sites for hydroxylation is 1. The van der Waals surface area contributed by atoms with Gasteiger partial charge >= 0.3 is 12.0 Å². The van der Waals surface area contributed by atoms with Gasteiger partial charge in [0, 0.05) is 60.2 Å². The molecule has 0 unspecified atom stereocenters. The standard InChI is InChI=1S/C45H49N3O4/c1-3-4-5-6-15-30-46-45(51)48(2)38-22-16-21-37(33-38)39-27-25-35(26-28-43(49)52-31-29-34-17-9-7-10-18-34)32-42(39)47-41-24-14-13-23-40(41)44(50)36-19-11-8-12-20-36/h7-14,16-25,27,32-33,47H,3-6,15,26,28-31H2,1-2H3,(H,46,51). The van der Waals surface area contributed by atoms with Crippen molar-refractivity contribution >= 4 is 34.8 Å². The van der Waals surface area contributed by atoms with Crippen molar-refractivity contribution in [3.63, 3.8) is 0 Å². The van der Waals surface area contributed by atoms with Crippen molar-refractivity contribution in [1.29, 1.82) is 0 Å². The molecule has 2 N–H and O–H groups in total. The number of rotatable bonds is 18. The van der Waals surface area contributed by atoms with Crippen LogP contribution in [0, 0.1) is 0 Å². The van der Waals surface area contributed by atoms with Crippen LogP contribution in [0.2, 0.25) is 0 Å². The van der Waals surface area contributed by atoms with Crippen molar-refractivity contribution < 1.29 is 19.1 Å². The fourth-order valence-corrected chi connectivity index (χ4v) is 6.07. The normalized spacial score (nSPS) is 10.7. The summed E-state index contributed by atoms with van der Waals surface area (Å²) in [5.41, 5.74) is 7.22. The Labute approximate surface area is 308 Å². The van der Waals surface area contributed by atoms with Gasteiger partial charge in [-0.2, -0.15) is 0 Å². The molecule has 0 radical (unpaired) electrons. The van der Waals surface area contributed by atoms with Crippen molar-refractivity contribution in [3.05, 3.63) is 150 Å². The number of carbonyl (C=O) groups excluding carboxylic acids is 3. The summed E-state index contributed by atoms with van der Waals surface area (Å²) in [6.45, 7) is 3.17. The molecular weight excluding hydrogens is 647 g/mol. The van der Waals surface area contributed by atoms with Crippen LogP contribution in [0.5, 0.6) is 0 Å². The summed E-state index contributed by atoms with van der Waals surface area (Å²) < 4.78 is 5.54. The molecule has 268 valence electrons. The number of ether oxygens (including phenoxy) is 1. The number of amides is 2. The van der Waals surface area contributed by atoms with Crippen molar-refractivity contribution in [3.8, 4) is 11.1 Å². The highest BCUT2D eigenvalue weighted by molar-refractivity contribution is 6.12. The highest BCUT2D eigenvalue weighted by atomic mass is 16.5. The van der Waals surface area contributed by atoms with Crippen LogP contribution in [0.3, 0.4) is 0 Å². The van der Waals surface area contributed by atoms with Gasteiger partial charge in [0.15, 0.2) is 5.78 Å². The molecule has 5 aromatic rings. The molecule has 7 heteroatoms. The number of esters is 1. The number of urea groups is 1. The monoisotopic (exact) mass is 695 g/mol. The van der Waals surface area contributed by atoms with Gasteiger partial charge in [-0.3, -0.25) is 14.5 Å². The van der Waals surface area contributed by atoms with E-state index in [1.807, 2.05) is 127 Å². The summed E-state index contributed by atoms with van der Waals surface area (Å²) in [6, 6.07) is 40.5. The lowest BCUT2D eigenvalue weighted by Gasteiger charge is -2.20. The molecule has 7 nitrogen and oxygen atoms in total. The van der Waals surface area contributed by atoms with Crippen LogP contribution in [-0.4, -0.2) is 38.0 Å². The Morgan fingerprint density at radius 1 is 0.673 bits per heavy atom. The zero-order chi connectivity index (χ0) is 36.5. The van der Waals surface area contributed by atoms with E-state index in [2.05, 4.69) is 17.6 Å². The second-order valence-corrected chi connectivity index (χ2v) is 13.0. The highest BCUT2D eigenvalue weighted by Gasteiger charge is 2.17. The van der Waals surface area contributed by atoms with Gasteiger partial charge in [-0.15, -0.1) is 0 Å².